The fraction of sp³-hybridized carbons (Fsp3) is 0.348. The first kappa shape index (κ1) is 22.1. The number of rotatable bonds is 9. The third-order valence-corrected chi connectivity index (χ3v) is 5.44. The maximum absolute atomic E-state index is 13.9. The first-order chi connectivity index (χ1) is 15.4. The molecule has 1 N–H and O–H groups in total. The van der Waals surface area contributed by atoms with Crippen LogP contribution in [-0.2, 0) is 9.59 Å². The van der Waals surface area contributed by atoms with Crippen molar-refractivity contribution in [2.45, 2.75) is 31.7 Å². The molecule has 4 rings (SSSR count). The van der Waals surface area contributed by atoms with Crippen molar-refractivity contribution >= 4 is 34.9 Å². The highest BCUT2D eigenvalue weighted by Crippen LogP contribution is 2.33. The molecule has 2 aliphatic rings. The quantitative estimate of drug-likeness (QED) is 0.579. The zero-order valence-electron chi connectivity index (χ0n) is 17.2. The Morgan fingerprint density at radius 3 is 2.78 bits per heavy atom. The van der Waals surface area contributed by atoms with Crippen LogP contribution in [0.2, 0.25) is 5.02 Å². The van der Waals surface area contributed by atoms with Gasteiger partial charge in [0.2, 0.25) is 5.91 Å². The Morgan fingerprint density at radius 1 is 1.22 bits per heavy atom. The van der Waals surface area contributed by atoms with E-state index < -0.39 is 5.82 Å². The number of Topliss-reactive ketones (excluding diaryl/α,β-unsaturated/α-hetero) is 1. The molecule has 1 heterocycles. The van der Waals surface area contributed by atoms with Gasteiger partial charge in [0.15, 0.2) is 30.6 Å². The highest BCUT2D eigenvalue weighted by Gasteiger charge is 2.27. The SMILES string of the molecule is O=C(CCCN1C(=O)COc2ccc(C(=O)COc3ccc(Cl)cc3F)cc21)NC1CC1. The molecule has 32 heavy (non-hydrogen) atoms. The Labute approximate surface area is 189 Å². The molecule has 0 unspecified atom stereocenters. The van der Waals surface area contributed by atoms with E-state index in [9.17, 15) is 18.8 Å². The molecule has 7 nitrogen and oxygen atoms in total. The zero-order chi connectivity index (χ0) is 22.7. The maximum Gasteiger partial charge on any atom is 0.265 e. The van der Waals surface area contributed by atoms with E-state index in [2.05, 4.69) is 5.32 Å². The van der Waals surface area contributed by atoms with Crippen molar-refractivity contribution in [2.24, 2.45) is 0 Å². The van der Waals surface area contributed by atoms with Crippen LogP contribution in [0.1, 0.15) is 36.0 Å². The number of nitrogens with zero attached hydrogens (tertiary/aromatic N) is 1. The standard InChI is InChI=1S/C23H22ClFN2O5/c24-15-4-8-20(17(25)11-15)31-12-19(28)14-3-7-21-18(10-14)27(23(30)13-32-21)9-1-2-22(29)26-16-5-6-16/h3-4,7-8,10-11,16H,1-2,5-6,9,12-13H2,(H,26,29). The number of carbonyl (C=O) groups is 3. The van der Waals surface area contributed by atoms with Crippen LogP contribution in [0.4, 0.5) is 10.1 Å². The topological polar surface area (TPSA) is 84.9 Å². The maximum atomic E-state index is 13.9. The van der Waals surface area contributed by atoms with E-state index in [1.165, 1.54) is 17.0 Å². The lowest BCUT2D eigenvalue weighted by molar-refractivity contribution is -0.122. The van der Waals surface area contributed by atoms with Crippen LogP contribution in [0.15, 0.2) is 36.4 Å². The fourth-order valence-electron chi connectivity index (χ4n) is 3.36. The number of hydrogen-bond acceptors (Lipinski definition) is 5. The van der Waals surface area contributed by atoms with Gasteiger partial charge in [0.25, 0.3) is 5.91 Å². The third-order valence-electron chi connectivity index (χ3n) is 5.20. The number of hydrogen-bond donors (Lipinski definition) is 1. The molecule has 0 atom stereocenters. The second-order valence-electron chi connectivity index (χ2n) is 7.75. The predicted molar refractivity (Wildman–Crippen MR) is 116 cm³/mol. The molecular formula is C23H22ClFN2O5. The molecule has 2 aromatic rings. The molecule has 1 aliphatic heterocycles. The molecule has 1 aliphatic carbocycles. The predicted octanol–water partition coefficient (Wildman–Crippen LogP) is 3.53. The van der Waals surface area contributed by atoms with Gasteiger partial charge in [-0.1, -0.05) is 11.6 Å². The van der Waals surface area contributed by atoms with E-state index in [4.69, 9.17) is 21.1 Å². The largest absolute Gasteiger partial charge is 0.482 e. The van der Waals surface area contributed by atoms with Crippen LogP contribution < -0.4 is 19.7 Å². The summed E-state index contributed by atoms with van der Waals surface area (Å²) in [6, 6.07) is 8.96. The second-order valence-corrected chi connectivity index (χ2v) is 8.18. The number of fused-ring (bicyclic) bond motifs is 1. The number of anilines is 1. The Bertz CT molecular complexity index is 1060. The van der Waals surface area contributed by atoms with Gasteiger partial charge in [-0.25, -0.2) is 4.39 Å². The first-order valence-corrected chi connectivity index (χ1v) is 10.8. The van der Waals surface area contributed by atoms with Crippen molar-refractivity contribution in [1.82, 2.24) is 5.32 Å². The summed E-state index contributed by atoms with van der Waals surface area (Å²) in [5, 5.41) is 3.15. The Morgan fingerprint density at radius 2 is 2.03 bits per heavy atom. The summed E-state index contributed by atoms with van der Waals surface area (Å²) in [4.78, 5) is 38.5. The van der Waals surface area contributed by atoms with Gasteiger partial charge in [-0.3, -0.25) is 14.4 Å². The summed E-state index contributed by atoms with van der Waals surface area (Å²) in [6.45, 7) is -0.154. The van der Waals surface area contributed by atoms with Gasteiger partial charge in [0.1, 0.15) is 5.75 Å². The summed E-state index contributed by atoms with van der Waals surface area (Å²) in [5.41, 5.74) is 0.764. The summed E-state index contributed by atoms with van der Waals surface area (Å²) in [6.07, 6.45) is 2.84. The number of nitrogens with one attached hydrogen (secondary N) is 1. The highest BCUT2D eigenvalue weighted by molar-refractivity contribution is 6.30. The summed E-state index contributed by atoms with van der Waals surface area (Å²) >= 11 is 5.72. The van der Waals surface area contributed by atoms with Crippen molar-refractivity contribution in [3.8, 4) is 11.5 Å². The molecule has 0 radical (unpaired) electrons. The van der Waals surface area contributed by atoms with Gasteiger partial charge in [0.05, 0.1) is 5.69 Å². The molecule has 0 bridgehead atoms. The van der Waals surface area contributed by atoms with Crippen LogP contribution in [0.25, 0.3) is 0 Å². The molecule has 168 valence electrons. The van der Waals surface area contributed by atoms with E-state index in [0.717, 1.165) is 18.9 Å². The van der Waals surface area contributed by atoms with Crippen LogP contribution in [0.3, 0.4) is 0 Å². The molecule has 0 spiro atoms. The Balaban J connectivity index is 1.40. The van der Waals surface area contributed by atoms with E-state index in [1.54, 1.807) is 18.2 Å². The normalized spacial score (nSPS) is 15.1. The molecule has 0 saturated heterocycles. The summed E-state index contributed by atoms with van der Waals surface area (Å²) in [5.74, 6) is -0.915. The van der Waals surface area contributed by atoms with Gasteiger partial charge in [-0.15, -0.1) is 0 Å². The smallest absolute Gasteiger partial charge is 0.265 e. The molecular weight excluding hydrogens is 439 g/mol. The summed E-state index contributed by atoms with van der Waals surface area (Å²) in [7, 11) is 0. The number of benzene rings is 2. The highest BCUT2D eigenvalue weighted by atomic mass is 35.5. The molecule has 9 heteroatoms. The van der Waals surface area contributed by atoms with Crippen molar-refractivity contribution in [3.63, 3.8) is 0 Å². The lowest BCUT2D eigenvalue weighted by Gasteiger charge is -2.29. The molecule has 2 amide bonds. The molecule has 1 saturated carbocycles. The number of halogens is 2. The average Bonchev–Trinajstić information content (AvgIpc) is 3.58. The van der Waals surface area contributed by atoms with Gasteiger partial charge < -0.3 is 19.7 Å². The number of carbonyl (C=O) groups excluding carboxylic acids is 3. The van der Waals surface area contributed by atoms with Crippen LogP contribution in [0.5, 0.6) is 11.5 Å². The van der Waals surface area contributed by atoms with Gasteiger partial charge >= 0.3 is 0 Å². The second kappa shape index (κ2) is 9.56. The number of amides is 2. The minimum Gasteiger partial charge on any atom is -0.482 e. The van der Waals surface area contributed by atoms with Crippen molar-refractivity contribution in [2.75, 3.05) is 24.7 Å². The monoisotopic (exact) mass is 460 g/mol. The van der Waals surface area contributed by atoms with E-state index in [0.29, 0.717) is 42.4 Å². The van der Waals surface area contributed by atoms with Gasteiger partial charge in [-0.2, -0.15) is 0 Å². The third kappa shape index (κ3) is 5.37. The zero-order valence-corrected chi connectivity index (χ0v) is 18.0. The number of ether oxygens (including phenoxy) is 2. The Hall–Kier alpha value is -3.13. The van der Waals surface area contributed by atoms with Crippen LogP contribution in [0, 0.1) is 5.82 Å². The van der Waals surface area contributed by atoms with Crippen molar-refractivity contribution < 1.29 is 28.2 Å². The van der Waals surface area contributed by atoms with Crippen LogP contribution in [-0.4, -0.2) is 43.4 Å². The lowest BCUT2D eigenvalue weighted by Crippen LogP contribution is -2.40. The van der Waals surface area contributed by atoms with Gasteiger partial charge in [-0.05, 0) is 55.7 Å². The van der Waals surface area contributed by atoms with Crippen molar-refractivity contribution in [1.29, 1.82) is 0 Å². The van der Waals surface area contributed by atoms with Crippen molar-refractivity contribution in [3.05, 3.63) is 52.8 Å². The fourth-order valence-corrected chi connectivity index (χ4v) is 3.52. The molecule has 0 aromatic heterocycles. The minimum atomic E-state index is -0.661. The van der Waals surface area contributed by atoms with E-state index in [-0.39, 0.29) is 41.6 Å². The minimum absolute atomic E-state index is 0.0241. The lowest BCUT2D eigenvalue weighted by atomic mass is 10.1. The summed E-state index contributed by atoms with van der Waals surface area (Å²) < 4.78 is 24.6. The van der Waals surface area contributed by atoms with Gasteiger partial charge in [0, 0.05) is 29.6 Å². The average molecular weight is 461 g/mol. The molecule has 1 fully saturated rings. The molecule has 2 aromatic carbocycles. The number of ketones is 1. The Kier molecular flexibility index (Phi) is 6.60. The van der Waals surface area contributed by atoms with E-state index >= 15 is 0 Å². The first-order valence-electron chi connectivity index (χ1n) is 10.4. The van der Waals surface area contributed by atoms with E-state index in [1.807, 2.05) is 0 Å². The van der Waals surface area contributed by atoms with Crippen LogP contribution >= 0.6 is 11.6 Å².